The van der Waals surface area contributed by atoms with E-state index >= 15 is 0 Å². The van der Waals surface area contributed by atoms with Gasteiger partial charge in [-0.05, 0) is 28.1 Å². The van der Waals surface area contributed by atoms with E-state index in [1.807, 2.05) is 30.3 Å². The standard InChI is InChI=1S/C13H13BrN4O/c1-18(13-15-7-10(14)8-16-13)9-12(19)17-11-5-3-2-4-6-11/h2-8H,9H2,1H3,(H,17,19). The third kappa shape index (κ3) is 4.03. The van der Waals surface area contributed by atoms with Crippen molar-refractivity contribution in [3.05, 3.63) is 47.2 Å². The molecule has 1 N–H and O–H groups in total. The fraction of sp³-hybridized carbons (Fsp3) is 0.154. The number of para-hydroxylation sites is 1. The molecule has 2 rings (SSSR count). The van der Waals surface area contributed by atoms with Crippen LogP contribution >= 0.6 is 15.9 Å². The van der Waals surface area contributed by atoms with Crippen molar-refractivity contribution in [2.45, 2.75) is 0 Å². The largest absolute Gasteiger partial charge is 0.335 e. The number of carbonyl (C=O) groups excluding carboxylic acids is 1. The molecular formula is C13H13BrN4O. The molecule has 0 unspecified atom stereocenters. The SMILES string of the molecule is CN(CC(=O)Nc1ccccc1)c1ncc(Br)cn1. The molecule has 0 spiro atoms. The molecule has 5 nitrogen and oxygen atoms in total. The number of nitrogens with one attached hydrogen (secondary N) is 1. The summed E-state index contributed by atoms with van der Waals surface area (Å²) < 4.78 is 0.804. The number of nitrogens with zero attached hydrogens (tertiary/aromatic N) is 3. The Balaban J connectivity index is 1.93. The van der Waals surface area contributed by atoms with Crippen LogP contribution in [0.2, 0.25) is 0 Å². The average molecular weight is 321 g/mol. The highest BCUT2D eigenvalue weighted by atomic mass is 79.9. The summed E-state index contributed by atoms with van der Waals surface area (Å²) in [7, 11) is 1.77. The van der Waals surface area contributed by atoms with E-state index < -0.39 is 0 Å². The summed E-state index contributed by atoms with van der Waals surface area (Å²) in [5.74, 6) is 0.395. The smallest absolute Gasteiger partial charge is 0.243 e. The van der Waals surface area contributed by atoms with Crippen molar-refractivity contribution >= 4 is 33.5 Å². The highest BCUT2D eigenvalue weighted by Crippen LogP contribution is 2.10. The van der Waals surface area contributed by atoms with Crippen LogP contribution in [0.5, 0.6) is 0 Å². The van der Waals surface area contributed by atoms with Crippen LogP contribution in [0.3, 0.4) is 0 Å². The number of amides is 1. The van der Waals surface area contributed by atoms with Gasteiger partial charge in [-0.25, -0.2) is 9.97 Å². The van der Waals surface area contributed by atoms with E-state index in [2.05, 4.69) is 31.2 Å². The van der Waals surface area contributed by atoms with Gasteiger partial charge in [-0.3, -0.25) is 4.79 Å². The molecule has 1 aromatic carbocycles. The van der Waals surface area contributed by atoms with Crippen molar-refractivity contribution in [3.8, 4) is 0 Å². The molecule has 0 fully saturated rings. The normalized spacial score (nSPS) is 10.0. The number of hydrogen-bond acceptors (Lipinski definition) is 4. The van der Waals surface area contributed by atoms with Gasteiger partial charge in [0.25, 0.3) is 0 Å². The minimum atomic E-state index is -0.111. The number of carbonyl (C=O) groups is 1. The third-order valence-corrected chi connectivity index (χ3v) is 2.80. The quantitative estimate of drug-likeness (QED) is 0.939. The number of rotatable bonds is 4. The summed E-state index contributed by atoms with van der Waals surface area (Å²) in [6, 6.07) is 9.33. The summed E-state index contributed by atoms with van der Waals surface area (Å²) in [5.41, 5.74) is 0.776. The molecular weight excluding hydrogens is 308 g/mol. The molecule has 1 heterocycles. The first-order chi connectivity index (χ1) is 9.15. The highest BCUT2D eigenvalue weighted by molar-refractivity contribution is 9.10. The van der Waals surface area contributed by atoms with Gasteiger partial charge in [-0.2, -0.15) is 0 Å². The van der Waals surface area contributed by atoms with E-state index in [-0.39, 0.29) is 12.5 Å². The molecule has 0 saturated carbocycles. The summed E-state index contributed by atoms with van der Waals surface area (Å²) in [5, 5.41) is 2.81. The Bertz CT molecular complexity index is 544. The maximum atomic E-state index is 11.8. The third-order valence-electron chi connectivity index (χ3n) is 2.39. The number of halogens is 1. The van der Waals surface area contributed by atoms with E-state index in [1.54, 1.807) is 24.3 Å². The van der Waals surface area contributed by atoms with Crippen LogP contribution < -0.4 is 10.2 Å². The Labute approximate surface area is 119 Å². The minimum absolute atomic E-state index is 0.111. The average Bonchev–Trinajstić information content (AvgIpc) is 2.40. The second kappa shape index (κ2) is 6.29. The lowest BCUT2D eigenvalue weighted by atomic mass is 10.3. The zero-order chi connectivity index (χ0) is 13.7. The number of aromatic nitrogens is 2. The molecule has 0 bridgehead atoms. The van der Waals surface area contributed by atoms with Crippen LogP contribution in [-0.4, -0.2) is 29.5 Å². The van der Waals surface area contributed by atoms with E-state index in [4.69, 9.17) is 0 Å². The fourth-order valence-electron chi connectivity index (χ4n) is 1.51. The molecule has 19 heavy (non-hydrogen) atoms. The summed E-state index contributed by atoms with van der Waals surface area (Å²) in [6.07, 6.45) is 3.29. The van der Waals surface area contributed by atoms with Gasteiger partial charge in [0.15, 0.2) is 0 Å². The van der Waals surface area contributed by atoms with Gasteiger partial charge in [-0.1, -0.05) is 18.2 Å². The lowest BCUT2D eigenvalue weighted by Crippen LogP contribution is -2.31. The van der Waals surface area contributed by atoms with Gasteiger partial charge < -0.3 is 10.2 Å². The van der Waals surface area contributed by atoms with Crippen LogP contribution in [0, 0.1) is 0 Å². The number of hydrogen-bond donors (Lipinski definition) is 1. The van der Waals surface area contributed by atoms with E-state index in [0.29, 0.717) is 5.95 Å². The zero-order valence-corrected chi connectivity index (χ0v) is 12.0. The van der Waals surface area contributed by atoms with Gasteiger partial charge in [0.05, 0.1) is 11.0 Å². The van der Waals surface area contributed by atoms with E-state index in [9.17, 15) is 4.79 Å². The number of benzene rings is 1. The number of likely N-dealkylation sites (N-methyl/N-ethyl adjacent to an activating group) is 1. The minimum Gasteiger partial charge on any atom is -0.335 e. The molecule has 0 aliphatic rings. The van der Waals surface area contributed by atoms with Gasteiger partial charge in [0.2, 0.25) is 11.9 Å². The lowest BCUT2D eigenvalue weighted by Gasteiger charge is -2.16. The maximum Gasteiger partial charge on any atom is 0.243 e. The summed E-state index contributed by atoms with van der Waals surface area (Å²) in [6.45, 7) is 0.191. The Morgan fingerprint density at radius 1 is 1.26 bits per heavy atom. The zero-order valence-electron chi connectivity index (χ0n) is 10.4. The maximum absolute atomic E-state index is 11.8. The van der Waals surface area contributed by atoms with Gasteiger partial charge in [0, 0.05) is 25.1 Å². The van der Waals surface area contributed by atoms with Crippen LogP contribution in [0.25, 0.3) is 0 Å². The van der Waals surface area contributed by atoms with Crippen LogP contribution in [0.15, 0.2) is 47.2 Å². The fourth-order valence-corrected chi connectivity index (χ4v) is 1.72. The molecule has 2 aromatic rings. The lowest BCUT2D eigenvalue weighted by molar-refractivity contribution is -0.114. The van der Waals surface area contributed by atoms with Crippen LogP contribution in [0.4, 0.5) is 11.6 Å². The van der Waals surface area contributed by atoms with Gasteiger partial charge in [-0.15, -0.1) is 0 Å². The van der Waals surface area contributed by atoms with Gasteiger partial charge >= 0.3 is 0 Å². The topological polar surface area (TPSA) is 58.1 Å². The first kappa shape index (κ1) is 13.5. The van der Waals surface area contributed by atoms with Crippen molar-refractivity contribution in [2.75, 3.05) is 23.8 Å². The molecule has 1 amide bonds. The van der Waals surface area contributed by atoms with Crippen molar-refractivity contribution in [1.29, 1.82) is 0 Å². The summed E-state index contributed by atoms with van der Waals surface area (Å²) >= 11 is 3.27. The molecule has 1 aromatic heterocycles. The molecule has 98 valence electrons. The Morgan fingerprint density at radius 3 is 2.53 bits per heavy atom. The van der Waals surface area contributed by atoms with E-state index in [1.165, 1.54) is 0 Å². The Kier molecular flexibility index (Phi) is 4.46. The first-order valence-corrected chi connectivity index (χ1v) is 6.48. The van der Waals surface area contributed by atoms with E-state index in [0.717, 1.165) is 10.2 Å². The second-order valence-corrected chi connectivity index (χ2v) is 4.89. The molecule has 0 aliphatic carbocycles. The Hall–Kier alpha value is -1.95. The number of anilines is 2. The molecule has 0 saturated heterocycles. The molecule has 6 heteroatoms. The van der Waals surface area contributed by atoms with Gasteiger partial charge in [0.1, 0.15) is 0 Å². The monoisotopic (exact) mass is 320 g/mol. The highest BCUT2D eigenvalue weighted by Gasteiger charge is 2.09. The molecule has 0 atom stereocenters. The predicted octanol–water partition coefficient (Wildman–Crippen LogP) is 2.31. The molecule has 0 radical (unpaired) electrons. The van der Waals surface area contributed by atoms with Crippen molar-refractivity contribution in [3.63, 3.8) is 0 Å². The van der Waals surface area contributed by atoms with Crippen LogP contribution in [0.1, 0.15) is 0 Å². The van der Waals surface area contributed by atoms with Crippen molar-refractivity contribution in [2.24, 2.45) is 0 Å². The predicted molar refractivity (Wildman–Crippen MR) is 78.1 cm³/mol. The first-order valence-electron chi connectivity index (χ1n) is 5.69. The second-order valence-electron chi connectivity index (χ2n) is 3.97. The van der Waals surface area contributed by atoms with Crippen molar-refractivity contribution in [1.82, 2.24) is 9.97 Å². The Morgan fingerprint density at radius 2 is 1.89 bits per heavy atom. The summed E-state index contributed by atoms with van der Waals surface area (Å²) in [4.78, 5) is 21.8. The van der Waals surface area contributed by atoms with Crippen LogP contribution in [-0.2, 0) is 4.79 Å². The van der Waals surface area contributed by atoms with Crippen molar-refractivity contribution < 1.29 is 4.79 Å². The molecule has 0 aliphatic heterocycles.